The minimum atomic E-state index is -3.12. The number of hydrogen-bond acceptors (Lipinski definition) is 4. The van der Waals surface area contributed by atoms with Crippen LogP contribution in [0.25, 0.3) is 0 Å². The van der Waals surface area contributed by atoms with Gasteiger partial charge in [0, 0.05) is 31.2 Å². The summed E-state index contributed by atoms with van der Waals surface area (Å²) in [6, 6.07) is 0.151. The van der Waals surface area contributed by atoms with E-state index in [1.54, 1.807) is 4.31 Å². The van der Waals surface area contributed by atoms with Gasteiger partial charge in [0.1, 0.15) is 0 Å². The molecule has 6 heteroatoms. The average molecular weight is 275 g/mol. The topological polar surface area (TPSA) is 52.7 Å². The molecular weight excluding hydrogens is 250 g/mol. The van der Waals surface area contributed by atoms with Crippen LogP contribution >= 0.6 is 0 Å². The second-order valence-corrected chi connectivity index (χ2v) is 8.15. The van der Waals surface area contributed by atoms with Crippen molar-refractivity contribution in [3.8, 4) is 0 Å². The Kier molecular flexibility index (Phi) is 4.02. The summed E-state index contributed by atoms with van der Waals surface area (Å²) in [5.74, 6) is 0.257. The van der Waals surface area contributed by atoms with E-state index in [0.717, 1.165) is 25.9 Å². The Morgan fingerprint density at radius 1 is 1.33 bits per heavy atom. The van der Waals surface area contributed by atoms with Gasteiger partial charge >= 0.3 is 0 Å². The predicted molar refractivity (Wildman–Crippen MR) is 73.1 cm³/mol. The van der Waals surface area contributed by atoms with Gasteiger partial charge in [0.15, 0.2) is 0 Å². The summed E-state index contributed by atoms with van der Waals surface area (Å²) >= 11 is 0. The zero-order valence-corrected chi connectivity index (χ0v) is 12.5. The monoisotopic (exact) mass is 275 g/mol. The molecule has 0 amide bonds. The Morgan fingerprint density at radius 2 is 2.06 bits per heavy atom. The molecule has 1 N–H and O–H groups in total. The van der Waals surface area contributed by atoms with Crippen LogP contribution in [0, 0.1) is 0 Å². The van der Waals surface area contributed by atoms with Crippen molar-refractivity contribution in [2.75, 3.05) is 39.0 Å². The van der Waals surface area contributed by atoms with Gasteiger partial charge in [0.2, 0.25) is 10.0 Å². The normalized spacial score (nSPS) is 30.7. The van der Waals surface area contributed by atoms with Gasteiger partial charge in [-0.2, -0.15) is 4.31 Å². The lowest BCUT2D eigenvalue weighted by Gasteiger charge is -2.44. The number of likely N-dealkylation sites (N-methyl/N-ethyl adjacent to an activating group) is 1. The van der Waals surface area contributed by atoms with Crippen molar-refractivity contribution in [3.63, 3.8) is 0 Å². The van der Waals surface area contributed by atoms with Crippen LogP contribution in [0.15, 0.2) is 0 Å². The Hall–Kier alpha value is -0.170. The second-order valence-electron chi connectivity index (χ2n) is 6.14. The second kappa shape index (κ2) is 5.07. The molecule has 18 heavy (non-hydrogen) atoms. The van der Waals surface area contributed by atoms with Crippen LogP contribution in [0.1, 0.15) is 26.7 Å². The van der Waals surface area contributed by atoms with E-state index in [4.69, 9.17) is 0 Å². The lowest BCUT2D eigenvalue weighted by atomic mass is 10.0. The number of sulfonamides is 1. The lowest BCUT2D eigenvalue weighted by Crippen LogP contribution is -2.59. The molecule has 0 saturated carbocycles. The number of rotatable bonds is 3. The SMILES string of the molecule is CN1CCN(S(=O)(=O)CC2CCCN2)CC1(C)C. The van der Waals surface area contributed by atoms with E-state index in [9.17, 15) is 8.42 Å². The van der Waals surface area contributed by atoms with Crippen LogP contribution in [-0.2, 0) is 10.0 Å². The van der Waals surface area contributed by atoms with Crippen molar-refractivity contribution in [2.24, 2.45) is 0 Å². The molecule has 2 aliphatic rings. The van der Waals surface area contributed by atoms with Crippen molar-refractivity contribution in [2.45, 2.75) is 38.3 Å². The van der Waals surface area contributed by atoms with Gasteiger partial charge in [-0.15, -0.1) is 0 Å². The number of nitrogens with zero attached hydrogens (tertiary/aromatic N) is 2. The zero-order valence-electron chi connectivity index (χ0n) is 11.6. The van der Waals surface area contributed by atoms with Gasteiger partial charge < -0.3 is 5.32 Å². The molecule has 5 nitrogen and oxygen atoms in total. The molecule has 0 aromatic carbocycles. The number of nitrogens with one attached hydrogen (secondary N) is 1. The fraction of sp³-hybridized carbons (Fsp3) is 1.00. The highest BCUT2D eigenvalue weighted by Gasteiger charge is 2.37. The van der Waals surface area contributed by atoms with Gasteiger partial charge in [-0.1, -0.05) is 0 Å². The summed E-state index contributed by atoms with van der Waals surface area (Å²) in [5, 5.41) is 3.27. The quantitative estimate of drug-likeness (QED) is 0.793. The molecule has 2 rings (SSSR count). The van der Waals surface area contributed by atoms with Gasteiger partial charge in [-0.25, -0.2) is 8.42 Å². The Morgan fingerprint density at radius 3 is 2.61 bits per heavy atom. The highest BCUT2D eigenvalue weighted by Crippen LogP contribution is 2.22. The van der Waals surface area contributed by atoms with Gasteiger partial charge in [0.25, 0.3) is 0 Å². The molecule has 1 atom stereocenters. The van der Waals surface area contributed by atoms with Crippen LogP contribution in [0.5, 0.6) is 0 Å². The maximum absolute atomic E-state index is 12.4. The van der Waals surface area contributed by atoms with E-state index in [-0.39, 0.29) is 17.3 Å². The smallest absolute Gasteiger partial charge is 0.215 e. The molecule has 1 unspecified atom stereocenters. The summed E-state index contributed by atoms with van der Waals surface area (Å²) < 4.78 is 26.5. The van der Waals surface area contributed by atoms with Gasteiger partial charge in [-0.05, 0) is 40.3 Å². The number of piperazine rings is 1. The fourth-order valence-corrected chi connectivity index (χ4v) is 4.57. The maximum Gasteiger partial charge on any atom is 0.215 e. The summed E-state index contributed by atoms with van der Waals surface area (Å²) in [4.78, 5) is 2.23. The van der Waals surface area contributed by atoms with Crippen molar-refractivity contribution in [1.29, 1.82) is 0 Å². The first-order chi connectivity index (χ1) is 8.31. The van der Waals surface area contributed by atoms with E-state index in [1.807, 2.05) is 0 Å². The Balaban J connectivity index is 2.01. The first-order valence-corrected chi connectivity index (χ1v) is 8.35. The highest BCUT2D eigenvalue weighted by molar-refractivity contribution is 7.89. The molecule has 106 valence electrons. The standard InChI is InChI=1S/C12H25N3O2S/c1-12(2)10-15(8-7-14(12)3)18(16,17)9-11-5-4-6-13-11/h11,13H,4-10H2,1-3H3. The van der Waals surface area contributed by atoms with Crippen molar-refractivity contribution >= 4 is 10.0 Å². The summed E-state index contributed by atoms with van der Waals surface area (Å²) in [6.07, 6.45) is 2.07. The lowest BCUT2D eigenvalue weighted by molar-refractivity contribution is 0.0801. The highest BCUT2D eigenvalue weighted by atomic mass is 32.2. The largest absolute Gasteiger partial charge is 0.313 e. The Labute approximate surface area is 111 Å². The first kappa shape index (κ1) is 14.2. The molecule has 0 aromatic heterocycles. The van der Waals surface area contributed by atoms with E-state index in [2.05, 4.69) is 31.1 Å². The van der Waals surface area contributed by atoms with Crippen molar-refractivity contribution in [3.05, 3.63) is 0 Å². The number of hydrogen-bond donors (Lipinski definition) is 1. The van der Waals surface area contributed by atoms with Crippen LogP contribution in [-0.4, -0.2) is 68.2 Å². The van der Waals surface area contributed by atoms with E-state index in [1.165, 1.54) is 0 Å². The van der Waals surface area contributed by atoms with Crippen molar-refractivity contribution in [1.82, 2.24) is 14.5 Å². The minimum Gasteiger partial charge on any atom is -0.313 e. The van der Waals surface area contributed by atoms with Gasteiger partial charge in [-0.3, -0.25) is 4.90 Å². The minimum absolute atomic E-state index is 0.0750. The molecule has 0 aromatic rings. The third-order valence-electron chi connectivity index (χ3n) is 4.25. The van der Waals surface area contributed by atoms with Crippen molar-refractivity contribution < 1.29 is 8.42 Å². The summed E-state index contributed by atoms with van der Waals surface area (Å²) in [5.41, 5.74) is -0.0750. The van der Waals surface area contributed by atoms with Crippen LogP contribution in [0.2, 0.25) is 0 Å². The van der Waals surface area contributed by atoms with Gasteiger partial charge in [0.05, 0.1) is 5.75 Å². The van der Waals surface area contributed by atoms with Crippen LogP contribution in [0.4, 0.5) is 0 Å². The van der Waals surface area contributed by atoms with E-state index < -0.39 is 10.0 Å². The molecule has 0 bridgehead atoms. The summed E-state index contributed by atoms with van der Waals surface area (Å²) in [6.45, 7) is 7.18. The molecule has 2 saturated heterocycles. The molecule has 2 heterocycles. The van der Waals surface area contributed by atoms with E-state index >= 15 is 0 Å². The fourth-order valence-electron chi connectivity index (χ4n) is 2.69. The van der Waals surface area contributed by atoms with E-state index in [0.29, 0.717) is 13.1 Å². The molecule has 0 aliphatic carbocycles. The molecule has 0 radical (unpaired) electrons. The average Bonchev–Trinajstić information content (AvgIpc) is 2.73. The van der Waals surface area contributed by atoms with Crippen LogP contribution in [0.3, 0.4) is 0 Å². The third-order valence-corrected chi connectivity index (χ3v) is 6.17. The molecular formula is C12H25N3O2S. The first-order valence-electron chi connectivity index (χ1n) is 6.74. The molecule has 2 fully saturated rings. The zero-order chi connectivity index (χ0) is 13.4. The molecule has 2 aliphatic heterocycles. The third kappa shape index (κ3) is 3.04. The predicted octanol–water partition coefficient (Wildman–Crippen LogP) is 0.0942. The Bertz CT molecular complexity index is 388. The maximum atomic E-state index is 12.4. The van der Waals surface area contributed by atoms with Crippen LogP contribution < -0.4 is 5.32 Å². The summed E-state index contributed by atoms with van der Waals surface area (Å²) in [7, 11) is -1.06. The molecule has 0 spiro atoms.